The summed E-state index contributed by atoms with van der Waals surface area (Å²) in [4.78, 5) is 0. The molecular weight excluding hydrogens is 214 g/mol. The van der Waals surface area contributed by atoms with E-state index in [1.807, 2.05) is 25.2 Å². The van der Waals surface area contributed by atoms with Gasteiger partial charge in [-0.1, -0.05) is 18.2 Å². The van der Waals surface area contributed by atoms with Crippen molar-refractivity contribution in [1.29, 1.82) is 0 Å². The Bertz CT molecular complexity index is 681. The van der Waals surface area contributed by atoms with E-state index in [1.165, 1.54) is 0 Å². The van der Waals surface area contributed by atoms with Crippen LogP contribution in [0, 0.1) is 0 Å². The fraction of sp³-hybridized carbons (Fsp3) is 0.0833. The highest BCUT2D eigenvalue weighted by atomic mass is 15.3. The van der Waals surface area contributed by atoms with Crippen molar-refractivity contribution in [2.75, 3.05) is 5.73 Å². The number of aryl methyl sites for hydroxylation is 1. The molecule has 0 radical (unpaired) electrons. The minimum absolute atomic E-state index is 0.648. The standard InChI is InChI=1S/C12H11N5/c1-17-12(13)11(7-16-17)9-4-2-3-8-5-14-15-6-10(8)9/h2-7H,13H2,1H3. The number of aromatic nitrogens is 4. The summed E-state index contributed by atoms with van der Waals surface area (Å²) in [5, 5.41) is 14.0. The number of hydrogen-bond donors (Lipinski definition) is 1. The molecule has 17 heavy (non-hydrogen) atoms. The quantitative estimate of drug-likeness (QED) is 0.683. The summed E-state index contributed by atoms with van der Waals surface area (Å²) < 4.78 is 1.66. The van der Waals surface area contributed by atoms with Crippen LogP contribution in [0.3, 0.4) is 0 Å². The Labute approximate surface area is 97.9 Å². The molecule has 0 unspecified atom stereocenters. The van der Waals surface area contributed by atoms with Crippen molar-refractivity contribution < 1.29 is 0 Å². The van der Waals surface area contributed by atoms with Crippen molar-refractivity contribution in [3.63, 3.8) is 0 Å². The molecule has 0 aliphatic rings. The van der Waals surface area contributed by atoms with Crippen LogP contribution >= 0.6 is 0 Å². The molecule has 5 nitrogen and oxygen atoms in total. The lowest BCUT2D eigenvalue weighted by Crippen LogP contribution is -1.98. The first-order valence-corrected chi connectivity index (χ1v) is 5.24. The van der Waals surface area contributed by atoms with Gasteiger partial charge in [0.25, 0.3) is 0 Å². The zero-order valence-electron chi connectivity index (χ0n) is 9.33. The maximum absolute atomic E-state index is 5.99. The number of hydrogen-bond acceptors (Lipinski definition) is 4. The Balaban J connectivity index is 2.34. The molecular formula is C12H11N5. The summed E-state index contributed by atoms with van der Waals surface area (Å²) in [6, 6.07) is 5.99. The molecule has 0 saturated carbocycles. The molecule has 0 saturated heterocycles. The minimum atomic E-state index is 0.648. The lowest BCUT2D eigenvalue weighted by Gasteiger charge is -2.04. The number of fused-ring (bicyclic) bond motifs is 1. The minimum Gasteiger partial charge on any atom is -0.383 e. The number of rotatable bonds is 1. The fourth-order valence-corrected chi connectivity index (χ4v) is 1.92. The van der Waals surface area contributed by atoms with E-state index in [9.17, 15) is 0 Å². The SMILES string of the molecule is Cn1ncc(-c2cccc3cnncc23)c1N. The first-order chi connectivity index (χ1) is 8.27. The van der Waals surface area contributed by atoms with Gasteiger partial charge in [-0.15, -0.1) is 0 Å². The number of nitrogens with zero attached hydrogens (tertiary/aromatic N) is 4. The van der Waals surface area contributed by atoms with Crippen molar-refractivity contribution in [2.45, 2.75) is 0 Å². The molecule has 0 bridgehead atoms. The van der Waals surface area contributed by atoms with Crippen molar-refractivity contribution in [1.82, 2.24) is 20.0 Å². The first-order valence-electron chi connectivity index (χ1n) is 5.24. The molecule has 0 spiro atoms. The smallest absolute Gasteiger partial charge is 0.129 e. The van der Waals surface area contributed by atoms with Crippen molar-refractivity contribution >= 4 is 16.6 Å². The second-order valence-electron chi connectivity index (χ2n) is 3.86. The van der Waals surface area contributed by atoms with E-state index in [2.05, 4.69) is 15.3 Å². The van der Waals surface area contributed by atoms with Crippen molar-refractivity contribution in [2.24, 2.45) is 7.05 Å². The van der Waals surface area contributed by atoms with Crippen LogP contribution in [-0.4, -0.2) is 20.0 Å². The van der Waals surface area contributed by atoms with Gasteiger partial charge in [-0.25, -0.2) is 0 Å². The number of nitrogens with two attached hydrogens (primary N) is 1. The monoisotopic (exact) mass is 225 g/mol. The Morgan fingerprint density at radius 3 is 2.65 bits per heavy atom. The Kier molecular flexibility index (Phi) is 2.04. The average Bonchev–Trinajstić information content (AvgIpc) is 2.69. The van der Waals surface area contributed by atoms with Crippen LogP contribution < -0.4 is 5.73 Å². The normalized spacial score (nSPS) is 10.9. The van der Waals surface area contributed by atoms with Crippen LogP contribution in [0.1, 0.15) is 0 Å². The van der Waals surface area contributed by atoms with Crippen LogP contribution in [0.2, 0.25) is 0 Å². The van der Waals surface area contributed by atoms with Crippen LogP contribution in [0.15, 0.2) is 36.8 Å². The summed E-state index contributed by atoms with van der Waals surface area (Å²) in [6.07, 6.45) is 5.26. The summed E-state index contributed by atoms with van der Waals surface area (Å²) in [7, 11) is 1.82. The lowest BCUT2D eigenvalue weighted by molar-refractivity contribution is 0.779. The predicted molar refractivity (Wildman–Crippen MR) is 66.2 cm³/mol. The highest BCUT2D eigenvalue weighted by molar-refractivity contribution is 5.97. The first kappa shape index (κ1) is 9.77. The molecule has 0 amide bonds. The van der Waals surface area contributed by atoms with Gasteiger partial charge in [-0.3, -0.25) is 4.68 Å². The third-order valence-electron chi connectivity index (χ3n) is 2.86. The third-order valence-corrected chi connectivity index (χ3v) is 2.86. The van der Waals surface area contributed by atoms with Gasteiger partial charge in [-0.05, 0) is 5.56 Å². The van der Waals surface area contributed by atoms with Gasteiger partial charge in [0.15, 0.2) is 0 Å². The van der Waals surface area contributed by atoms with Crippen LogP contribution in [0.4, 0.5) is 5.82 Å². The van der Waals surface area contributed by atoms with Gasteiger partial charge in [0.05, 0.1) is 18.6 Å². The Hall–Kier alpha value is -2.43. The largest absolute Gasteiger partial charge is 0.383 e. The van der Waals surface area contributed by atoms with E-state index in [0.717, 1.165) is 21.9 Å². The van der Waals surface area contributed by atoms with E-state index in [1.54, 1.807) is 23.3 Å². The van der Waals surface area contributed by atoms with Gasteiger partial charge < -0.3 is 5.73 Å². The highest BCUT2D eigenvalue weighted by Gasteiger charge is 2.10. The van der Waals surface area contributed by atoms with Gasteiger partial charge >= 0.3 is 0 Å². The zero-order chi connectivity index (χ0) is 11.8. The summed E-state index contributed by atoms with van der Waals surface area (Å²) in [6.45, 7) is 0. The molecule has 3 aromatic rings. The second-order valence-corrected chi connectivity index (χ2v) is 3.86. The van der Waals surface area contributed by atoms with Crippen LogP contribution in [0.5, 0.6) is 0 Å². The van der Waals surface area contributed by atoms with Crippen LogP contribution in [0.25, 0.3) is 21.9 Å². The Morgan fingerprint density at radius 1 is 1.06 bits per heavy atom. The third kappa shape index (κ3) is 1.44. The molecule has 5 heteroatoms. The fourth-order valence-electron chi connectivity index (χ4n) is 1.92. The lowest BCUT2D eigenvalue weighted by atomic mass is 10.0. The van der Waals surface area contributed by atoms with Gasteiger partial charge in [0.2, 0.25) is 0 Å². The number of anilines is 1. The molecule has 2 N–H and O–H groups in total. The van der Waals surface area contributed by atoms with Gasteiger partial charge in [0.1, 0.15) is 5.82 Å². The summed E-state index contributed by atoms with van der Waals surface area (Å²) in [5.41, 5.74) is 7.94. The molecule has 0 aliphatic heterocycles. The van der Waals surface area contributed by atoms with Gasteiger partial charge in [0, 0.05) is 23.4 Å². The van der Waals surface area contributed by atoms with Crippen LogP contribution in [-0.2, 0) is 7.05 Å². The van der Waals surface area contributed by atoms with E-state index in [-0.39, 0.29) is 0 Å². The molecule has 0 fully saturated rings. The topological polar surface area (TPSA) is 69.6 Å². The summed E-state index contributed by atoms with van der Waals surface area (Å²) >= 11 is 0. The molecule has 1 aromatic carbocycles. The zero-order valence-corrected chi connectivity index (χ0v) is 9.33. The number of nitrogen functional groups attached to an aromatic ring is 1. The average molecular weight is 225 g/mol. The van der Waals surface area contributed by atoms with Crippen molar-refractivity contribution in [3.8, 4) is 11.1 Å². The number of benzene rings is 1. The molecule has 3 rings (SSSR count). The van der Waals surface area contributed by atoms with E-state index in [4.69, 9.17) is 5.73 Å². The maximum atomic E-state index is 5.99. The highest BCUT2D eigenvalue weighted by Crippen LogP contribution is 2.30. The van der Waals surface area contributed by atoms with E-state index < -0.39 is 0 Å². The molecule has 2 heterocycles. The van der Waals surface area contributed by atoms with E-state index >= 15 is 0 Å². The Morgan fingerprint density at radius 2 is 1.88 bits per heavy atom. The maximum Gasteiger partial charge on any atom is 0.129 e. The van der Waals surface area contributed by atoms with E-state index in [0.29, 0.717) is 5.82 Å². The van der Waals surface area contributed by atoms with Crippen molar-refractivity contribution in [3.05, 3.63) is 36.8 Å². The molecule has 0 atom stereocenters. The molecule has 84 valence electrons. The van der Waals surface area contributed by atoms with Gasteiger partial charge in [-0.2, -0.15) is 15.3 Å². The molecule has 2 aromatic heterocycles. The molecule has 0 aliphatic carbocycles. The predicted octanol–water partition coefficient (Wildman–Crippen LogP) is 1.61. The second kappa shape index (κ2) is 3.55. The summed E-state index contributed by atoms with van der Waals surface area (Å²) in [5.74, 6) is 0.648.